The number of aromatic nitrogens is 1. The van der Waals surface area contributed by atoms with Crippen LogP contribution >= 0.6 is 15.9 Å². The predicted octanol–water partition coefficient (Wildman–Crippen LogP) is 5.26. The number of nitrogens with one attached hydrogen (secondary N) is 1. The molecule has 134 valence electrons. The summed E-state index contributed by atoms with van der Waals surface area (Å²) in [5, 5.41) is 3.55. The van der Waals surface area contributed by atoms with Crippen LogP contribution in [0.5, 0.6) is 0 Å². The summed E-state index contributed by atoms with van der Waals surface area (Å²) in [4.78, 5) is 12.8. The zero-order valence-corrected chi connectivity index (χ0v) is 16.2. The number of carbonyl (C=O) groups is 1. The second kappa shape index (κ2) is 6.42. The van der Waals surface area contributed by atoms with Crippen molar-refractivity contribution in [3.63, 3.8) is 0 Å². The Morgan fingerprint density at radius 1 is 1.32 bits per heavy atom. The highest BCUT2D eigenvalue weighted by Gasteiger charge is 2.40. The first-order valence-electron chi connectivity index (χ1n) is 9.27. The van der Waals surface area contributed by atoms with E-state index in [9.17, 15) is 9.18 Å². The zero-order chi connectivity index (χ0) is 17.6. The molecule has 3 nitrogen and oxygen atoms in total. The summed E-state index contributed by atoms with van der Waals surface area (Å²) in [5.41, 5.74) is 1.48. The number of amides is 1. The van der Waals surface area contributed by atoms with Crippen molar-refractivity contribution >= 4 is 32.7 Å². The first-order valence-corrected chi connectivity index (χ1v) is 10.1. The van der Waals surface area contributed by atoms with Crippen LogP contribution in [0.25, 0.3) is 10.9 Å². The Hall–Kier alpha value is -1.36. The zero-order valence-electron chi connectivity index (χ0n) is 14.6. The van der Waals surface area contributed by atoms with E-state index in [0.717, 1.165) is 18.0 Å². The van der Waals surface area contributed by atoms with Gasteiger partial charge in [0.25, 0.3) is 5.91 Å². The minimum Gasteiger partial charge on any atom is -0.351 e. The molecule has 5 rings (SSSR count). The molecular formula is C20H24BrFN2O. The van der Waals surface area contributed by atoms with Crippen molar-refractivity contribution in [3.8, 4) is 0 Å². The molecule has 1 aromatic heterocycles. The van der Waals surface area contributed by atoms with Crippen molar-refractivity contribution in [3.05, 3.63) is 34.2 Å². The Kier molecular flexibility index (Phi) is 4.38. The minimum absolute atomic E-state index is 0.152. The molecular weight excluding hydrogens is 383 g/mol. The highest BCUT2D eigenvalue weighted by molar-refractivity contribution is 9.10. The highest BCUT2D eigenvalue weighted by atomic mass is 79.9. The quantitative estimate of drug-likeness (QED) is 0.737. The number of hydrogen-bond donors (Lipinski definition) is 1. The number of halogens is 2. The Balaban J connectivity index is 1.60. The van der Waals surface area contributed by atoms with Gasteiger partial charge in [-0.25, -0.2) is 4.39 Å². The molecule has 1 heterocycles. The Morgan fingerprint density at radius 3 is 2.64 bits per heavy atom. The first-order chi connectivity index (χ1) is 12.0. The van der Waals surface area contributed by atoms with E-state index in [1.54, 1.807) is 6.20 Å². The lowest BCUT2D eigenvalue weighted by molar-refractivity contribution is 0.0597. The van der Waals surface area contributed by atoms with E-state index < -0.39 is 0 Å². The monoisotopic (exact) mass is 406 g/mol. The Labute approximate surface area is 156 Å². The number of aryl methyl sites for hydroxylation is 1. The van der Waals surface area contributed by atoms with Gasteiger partial charge >= 0.3 is 0 Å². The molecule has 1 aromatic carbocycles. The number of benzene rings is 1. The summed E-state index contributed by atoms with van der Waals surface area (Å²) in [7, 11) is 0. The van der Waals surface area contributed by atoms with Crippen molar-refractivity contribution in [2.75, 3.05) is 6.54 Å². The van der Waals surface area contributed by atoms with Gasteiger partial charge in [0.15, 0.2) is 0 Å². The van der Waals surface area contributed by atoms with E-state index in [0.29, 0.717) is 22.0 Å². The van der Waals surface area contributed by atoms with Gasteiger partial charge in [-0.15, -0.1) is 0 Å². The second-order valence-corrected chi connectivity index (χ2v) is 8.69. The van der Waals surface area contributed by atoms with Gasteiger partial charge in [-0.2, -0.15) is 0 Å². The highest BCUT2D eigenvalue weighted by Crippen LogP contribution is 2.49. The Bertz CT molecular complexity index is 807. The van der Waals surface area contributed by atoms with Crippen LogP contribution in [0.2, 0.25) is 0 Å². The maximum absolute atomic E-state index is 14.5. The fraction of sp³-hybridized carbons (Fsp3) is 0.550. The lowest BCUT2D eigenvalue weighted by atomic mass is 9.61. The topological polar surface area (TPSA) is 34.0 Å². The molecule has 2 aromatic rings. The van der Waals surface area contributed by atoms with Crippen molar-refractivity contribution in [1.82, 2.24) is 9.88 Å². The lowest BCUT2D eigenvalue weighted by Gasteiger charge is -2.46. The average Bonchev–Trinajstić information content (AvgIpc) is 3.00. The molecule has 3 aliphatic carbocycles. The lowest BCUT2D eigenvalue weighted by Crippen LogP contribution is -2.43. The fourth-order valence-electron chi connectivity index (χ4n) is 4.74. The number of rotatable bonds is 4. The molecule has 3 fully saturated rings. The molecule has 1 N–H and O–H groups in total. The van der Waals surface area contributed by atoms with Gasteiger partial charge in [0.05, 0.1) is 11.1 Å². The first kappa shape index (κ1) is 17.1. The van der Waals surface area contributed by atoms with E-state index >= 15 is 0 Å². The molecule has 0 unspecified atom stereocenters. The third kappa shape index (κ3) is 3.01. The Morgan fingerprint density at radius 2 is 2.00 bits per heavy atom. The SMILES string of the molecule is CCn1cc(C(=O)NCC23CCC(CC2)CC3)c2c(F)cc(Br)cc21. The van der Waals surface area contributed by atoms with E-state index in [2.05, 4.69) is 21.2 Å². The molecule has 0 aliphatic heterocycles. The van der Waals surface area contributed by atoms with E-state index in [4.69, 9.17) is 0 Å². The van der Waals surface area contributed by atoms with Crippen molar-refractivity contribution in [2.45, 2.75) is 52.0 Å². The summed E-state index contributed by atoms with van der Waals surface area (Å²) < 4.78 is 17.2. The fourth-order valence-corrected chi connectivity index (χ4v) is 5.16. The second-order valence-electron chi connectivity index (χ2n) is 7.78. The summed E-state index contributed by atoms with van der Waals surface area (Å²) in [5.74, 6) is 0.409. The molecule has 0 atom stereocenters. The van der Waals surface area contributed by atoms with Crippen LogP contribution in [0.4, 0.5) is 4.39 Å². The van der Waals surface area contributed by atoms with E-state index in [-0.39, 0.29) is 17.1 Å². The molecule has 3 saturated carbocycles. The number of fused-ring (bicyclic) bond motifs is 4. The molecule has 1 amide bonds. The number of hydrogen-bond acceptors (Lipinski definition) is 1. The summed E-state index contributed by atoms with van der Waals surface area (Å²) >= 11 is 3.34. The van der Waals surface area contributed by atoms with Crippen LogP contribution in [0.1, 0.15) is 55.8 Å². The molecule has 3 aliphatic rings. The molecule has 5 heteroatoms. The van der Waals surface area contributed by atoms with Crippen LogP contribution in [0.3, 0.4) is 0 Å². The minimum atomic E-state index is -0.349. The smallest absolute Gasteiger partial charge is 0.253 e. The van der Waals surface area contributed by atoms with Gasteiger partial charge in [0.2, 0.25) is 0 Å². The number of carbonyl (C=O) groups excluding carboxylic acids is 1. The standard InChI is InChI=1S/C20H24BrFN2O/c1-2-24-11-15(18-16(22)9-14(21)10-17(18)24)19(25)23-12-20-6-3-13(4-7-20)5-8-20/h9-11,13H,2-8,12H2,1H3,(H,23,25). The van der Waals surface area contributed by atoms with E-state index in [1.165, 1.54) is 44.6 Å². The van der Waals surface area contributed by atoms with Gasteiger partial charge in [0, 0.05) is 29.1 Å². The third-order valence-electron chi connectivity index (χ3n) is 6.36. The molecule has 2 bridgehead atoms. The van der Waals surface area contributed by atoms with E-state index in [1.807, 2.05) is 17.6 Å². The largest absolute Gasteiger partial charge is 0.351 e. The van der Waals surface area contributed by atoms with Crippen LogP contribution in [-0.2, 0) is 6.54 Å². The maximum atomic E-state index is 14.5. The summed E-state index contributed by atoms with van der Waals surface area (Å²) in [6.45, 7) is 3.42. The average molecular weight is 407 g/mol. The van der Waals surface area contributed by atoms with Crippen molar-refractivity contribution < 1.29 is 9.18 Å². The maximum Gasteiger partial charge on any atom is 0.253 e. The molecule has 25 heavy (non-hydrogen) atoms. The van der Waals surface area contributed by atoms with Crippen LogP contribution in [-0.4, -0.2) is 17.0 Å². The molecule has 0 spiro atoms. The van der Waals surface area contributed by atoms with Gasteiger partial charge < -0.3 is 9.88 Å². The molecule has 0 radical (unpaired) electrons. The van der Waals surface area contributed by atoms with Crippen molar-refractivity contribution in [2.24, 2.45) is 11.3 Å². The van der Waals surface area contributed by atoms with Gasteiger partial charge in [-0.1, -0.05) is 15.9 Å². The number of nitrogens with zero attached hydrogens (tertiary/aromatic N) is 1. The van der Waals surface area contributed by atoms with Crippen LogP contribution in [0.15, 0.2) is 22.8 Å². The summed E-state index contributed by atoms with van der Waals surface area (Å²) in [6, 6.07) is 3.31. The van der Waals surface area contributed by atoms with Crippen LogP contribution < -0.4 is 5.32 Å². The van der Waals surface area contributed by atoms with Gasteiger partial charge in [-0.3, -0.25) is 4.79 Å². The van der Waals surface area contributed by atoms with Crippen molar-refractivity contribution in [1.29, 1.82) is 0 Å². The van der Waals surface area contributed by atoms with Gasteiger partial charge in [-0.05, 0) is 68.9 Å². The summed E-state index contributed by atoms with van der Waals surface area (Å²) in [6.07, 6.45) is 9.34. The predicted molar refractivity (Wildman–Crippen MR) is 101 cm³/mol. The normalized spacial score (nSPS) is 25.5. The third-order valence-corrected chi connectivity index (χ3v) is 6.81. The van der Waals surface area contributed by atoms with Crippen LogP contribution in [0, 0.1) is 17.2 Å². The molecule has 0 saturated heterocycles. The van der Waals surface area contributed by atoms with Gasteiger partial charge in [0.1, 0.15) is 5.82 Å².